The Bertz CT molecular complexity index is 3200. The molecule has 1 aromatic carbocycles. The minimum atomic E-state index is -1.44. The largest absolute Gasteiger partial charge is 0.508 e. The quantitative estimate of drug-likeness (QED) is 0.0164. The van der Waals surface area contributed by atoms with Gasteiger partial charge in [0.15, 0.2) is 35.8 Å². The lowest BCUT2D eigenvalue weighted by Gasteiger charge is -2.31. The SMILES string of the molecule is C[C@H](NC(=O)[C@@H](N)Cc1ccc(O)cc1)C(=O)N[C@@H](CCCN=C(N)N)C(=O)N[C@@H](C)C(=O)N1CCC[C@H]1C(=O)N[C@@H](CCCN=C(N)N)C(=O)N[C@@H](CCCN=C(N)N)C(=O)N1CCC[C@H]1C(=O)N[C@@H](CCCN=C(N)N)C(=O)N[C@@H](CCCN=C(N)N)C(=O)N[C@@H](CCCN=C(N)N)C(=O)O. The number of hydrogen-bond acceptors (Lipinski definition) is 19. The normalized spacial score (nSPS) is 16.4. The van der Waals surface area contributed by atoms with Gasteiger partial charge in [-0.2, -0.15) is 0 Å². The maximum absolute atomic E-state index is 15.0. The topological polar surface area (TPSA) is 743 Å². The number of rotatable bonds is 45. The Morgan fingerprint density at radius 3 is 1.08 bits per heavy atom. The predicted octanol–water partition coefficient (Wildman–Crippen LogP) is -9.43. The number of nitrogens with one attached hydrogen (secondary N) is 8. The summed E-state index contributed by atoms with van der Waals surface area (Å²) in [6.45, 7) is 2.89. The first kappa shape index (κ1) is 86.0. The first-order valence-electron chi connectivity index (χ1n) is 33.8. The van der Waals surface area contributed by atoms with Crippen LogP contribution in [0.25, 0.3) is 0 Å². The molecule has 2 aliphatic heterocycles. The van der Waals surface area contributed by atoms with Gasteiger partial charge in [0.1, 0.15) is 66.2 Å². The highest BCUT2D eigenvalue weighted by Crippen LogP contribution is 2.23. The zero-order valence-electron chi connectivity index (χ0n) is 58.3. The van der Waals surface area contributed by atoms with E-state index >= 15 is 0 Å². The molecule has 11 atom stereocenters. The number of nitrogens with zero attached hydrogens (tertiary/aromatic N) is 8. The van der Waals surface area contributed by atoms with Crippen LogP contribution in [0.5, 0.6) is 5.75 Å². The van der Waals surface area contributed by atoms with Crippen LogP contribution in [0, 0.1) is 0 Å². The van der Waals surface area contributed by atoms with Gasteiger partial charge in [-0.05, 0) is 141 Å². The highest BCUT2D eigenvalue weighted by molar-refractivity contribution is 5.99. The molecule has 0 spiro atoms. The molecule has 103 heavy (non-hydrogen) atoms. The first-order chi connectivity index (χ1) is 48.7. The van der Waals surface area contributed by atoms with E-state index in [4.69, 9.17) is 74.5 Å². The molecule has 0 radical (unpaired) electrons. The summed E-state index contributed by atoms with van der Waals surface area (Å²) in [7, 11) is 0. The fourth-order valence-corrected chi connectivity index (χ4v) is 11.1. The van der Waals surface area contributed by atoms with Crippen molar-refractivity contribution >= 4 is 101 Å². The third-order valence-corrected chi connectivity index (χ3v) is 16.3. The second kappa shape index (κ2) is 44.8. The molecular weight excluding hydrogens is 1350 g/mol. The average molecular weight is 1450 g/mol. The molecule has 0 aromatic heterocycles. The minimum absolute atomic E-state index is 0.00448. The van der Waals surface area contributed by atoms with Crippen LogP contribution in [-0.2, 0) is 59.2 Å². The number of likely N-dealkylation sites (tertiary alicyclic amines) is 2. The summed E-state index contributed by atoms with van der Waals surface area (Å²) < 4.78 is 0. The van der Waals surface area contributed by atoms with E-state index in [1.807, 2.05) is 0 Å². The van der Waals surface area contributed by atoms with Crippen LogP contribution in [0.3, 0.4) is 0 Å². The summed E-state index contributed by atoms with van der Waals surface area (Å²) in [4.78, 5) is 180. The minimum Gasteiger partial charge on any atom is -0.508 e. The van der Waals surface area contributed by atoms with Crippen molar-refractivity contribution in [3.63, 3.8) is 0 Å². The van der Waals surface area contributed by atoms with Gasteiger partial charge in [-0.1, -0.05) is 12.1 Å². The lowest BCUT2D eigenvalue weighted by molar-refractivity contribution is -0.143. The number of hydrogen-bond donors (Lipinski definition) is 23. The van der Waals surface area contributed by atoms with Gasteiger partial charge in [-0.25, -0.2) is 4.79 Å². The highest BCUT2D eigenvalue weighted by atomic mass is 16.4. The van der Waals surface area contributed by atoms with E-state index < -0.39 is 132 Å². The number of aliphatic carboxylic acids is 1. The maximum atomic E-state index is 15.0. The number of phenolic OH excluding ortho intramolecular Hbond substituents is 1. The lowest BCUT2D eigenvalue weighted by atomic mass is 10.0. The zero-order valence-corrected chi connectivity index (χ0v) is 58.3. The van der Waals surface area contributed by atoms with Gasteiger partial charge < -0.3 is 137 Å². The van der Waals surface area contributed by atoms with Crippen LogP contribution < -0.4 is 117 Å². The highest BCUT2D eigenvalue weighted by Gasteiger charge is 2.42. The van der Waals surface area contributed by atoms with E-state index in [0.717, 1.165) is 0 Å². The molecule has 1 aromatic rings. The van der Waals surface area contributed by atoms with E-state index in [1.165, 1.54) is 35.8 Å². The third kappa shape index (κ3) is 32.3. The molecular formula is C61H107N29O13. The van der Waals surface area contributed by atoms with Crippen molar-refractivity contribution < 1.29 is 63.0 Å². The Kier molecular flexibility index (Phi) is 37.4. The van der Waals surface area contributed by atoms with Gasteiger partial charge in [0.05, 0.1) is 6.04 Å². The monoisotopic (exact) mass is 1450 g/mol. The predicted molar refractivity (Wildman–Crippen MR) is 383 cm³/mol. The second-order valence-electron chi connectivity index (χ2n) is 24.7. The number of amides is 10. The van der Waals surface area contributed by atoms with Crippen LogP contribution in [0.1, 0.15) is 122 Å². The molecule has 0 saturated carbocycles. The molecule has 36 N–H and O–H groups in total. The van der Waals surface area contributed by atoms with Gasteiger partial charge >= 0.3 is 5.97 Å². The number of carboxylic acid groups (broad SMARTS) is 1. The number of phenols is 1. The van der Waals surface area contributed by atoms with Crippen LogP contribution >= 0.6 is 0 Å². The Labute approximate surface area is 596 Å². The van der Waals surface area contributed by atoms with Crippen molar-refractivity contribution in [3.8, 4) is 5.75 Å². The van der Waals surface area contributed by atoms with Crippen molar-refractivity contribution in [1.82, 2.24) is 52.3 Å². The maximum Gasteiger partial charge on any atom is 0.326 e. The number of benzene rings is 1. The standard InChI is InChI=1S/C61H107N29O13/c1-32(81-46(93)36(62)31-34-19-21-35(91)22-20-34)45(92)83-37(11-3-23-75-56(63)64)47(94)82-33(2)53(100)89-29-9-17-43(89)51(98)86-40(14-6-26-78-59(69)70)49(96)87-41(15-7-27-79-60(71)72)54(101)90-30-10-18-44(90)52(99)85-39(13-5-25-77-58(67)68)48(95)84-38(12-4-24-76-57(65)66)50(97)88-42(55(102)103)16-8-28-80-61(73)74/h19-22,32-33,36-44,91H,3-18,23-31,62H2,1-2H3,(H,81,93)(H,82,94)(H,83,92)(H,84,95)(H,85,99)(H,86,98)(H,87,96)(H,88,97)(H,102,103)(H4,63,64,75)(H4,65,66,76)(H4,67,68,77)(H4,69,70,78)(H4,71,72,79)(H4,73,74,80)/t32-,33-,36-,37-,38-,39-,40-,41-,42-,43-,44-/m0/s1. The van der Waals surface area contributed by atoms with Gasteiger partial charge in [0, 0.05) is 52.4 Å². The van der Waals surface area contributed by atoms with Crippen molar-refractivity contribution in [2.75, 3.05) is 52.4 Å². The smallest absolute Gasteiger partial charge is 0.326 e. The number of guanidine groups is 6. The van der Waals surface area contributed by atoms with E-state index in [0.29, 0.717) is 12.0 Å². The van der Waals surface area contributed by atoms with E-state index in [-0.39, 0.29) is 197 Å². The Hall–Kier alpha value is -11.2. The molecule has 10 amide bonds. The molecule has 42 heteroatoms. The van der Waals surface area contributed by atoms with Crippen LogP contribution in [-0.4, -0.2) is 240 Å². The van der Waals surface area contributed by atoms with Gasteiger partial charge in [0.2, 0.25) is 59.1 Å². The lowest BCUT2D eigenvalue weighted by Crippen LogP contribution is -2.60. The molecule has 2 fully saturated rings. The molecule has 2 heterocycles. The van der Waals surface area contributed by atoms with Gasteiger partial charge in [0.25, 0.3) is 0 Å². The summed E-state index contributed by atoms with van der Waals surface area (Å²) in [5.41, 5.74) is 73.1. The molecule has 0 unspecified atom stereocenters. The fraction of sp³-hybridized carbons (Fsp3) is 0.623. The van der Waals surface area contributed by atoms with Crippen molar-refractivity contribution in [1.29, 1.82) is 0 Å². The molecule has 574 valence electrons. The number of carbonyl (C=O) groups is 11. The van der Waals surface area contributed by atoms with Crippen molar-refractivity contribution in [2.45, 2.75) is 189 Å². The number of carboxylic acids is 1. The third-order valence-electron chi connectivity index (χ3n) is 16.3. The van der Waals surface area contributed by atoms with Gasteiger partial charge in [-0.3, -0.25) is 77.9 Å². The summed E-state index contributed by atoms with van der Waals surface area (Å²) >= 11 is 0. The van der Waals surface area contributed by atoms with E-state index in [9.17, 15) is 63.0 Å². The Morgan fingerprint density at radius 2 is 0.709 bits per heavy atom. The molecule has 0 bridgehead atoms. The summed E-state index contributed by atoms with van der Waals surface area (Å²) in [6, 6.07) is -8.41. The molecule has 2 aliphatic rings. The summed E-state index contributed by atoms with van der Waals surface area (Å²) in [5.74, 6) is -10.8. The fourth-order valence-electron chi connectivity index (χ4n) is 11.1. The summed E-state index contributed by atoms with van der Waals surface area (Å²) in [6.07, 6.45) is 0.974. The van der Waals surface area contributed by atoms with Crippen LogP contribution in [0.15, 0.2) is 54.2 Å². The van der Waals surface area contributed by atoms with E-state index in [1.54, 1.807) is 12.1 Å². The Morgan fingerprint density at radius 1 is 0.408 bits per heavy atom. The molecule has 3 rings (SSSR count). The zero-order chi connectivity index (χ0) is 76.9. The van der Waals surface area contributed by atoms with Crippen molar-refractivity contribution in [2.24, 2.45) is 104 Å². The average Bonchev–Trinajstić information content (AvgIpc) is 1.84. The molecule has 42 nitrogen and oxygen atoms in total. The number of aromatic hydroxyl groups is 1. The van der Waals surface area contributed by atoms with Gasteiger partial charge in [-0.15, -0.1) is 0 Å². The first-order valence-corrected chi connectivity index (χ1v) is 33.8. The molecule has 0 aliphatic carbocycles. The van der Waals surface area contributed by atoms with E-state index in [2.05, 4.69) is 72.5 Å². The number of carbonyl (C=O) groups excluding carboxylic acids is 10. The summed E-state index contributed by atoms with van der Waals surface area (Å²) in [5, 5.41) is 40.6. The van der Waals surface area contributed by atoms with Crippen LogP contribution in [0.2, 0.25) is 0 Å². The Balaban J connectivity index is 1.91. The number of aliphatic imine (C=N–C) groups is 6. The van der Waals surface area contributed by atoms with Crippen LogP contribution in [0.4, 0.5) is 0 Å². The second-order valence-corrected chi connectivity index (χ2v) is 24.7. The molecule has 2 saturated heterocycles. The number of nitrogens with two attached hydrogens (primary N) is 13. The van der Waals surface area contributed by atoms with Crippen molar-refractivity contribution in [3.05, 3.63) is 29.8 Å².